The van der Waals surface area contributed by atoms with Crippen LogP contribution in [0.25, 0.3) is 0 Å². The van der Waals surface area contributed by atoms with Crippen molar-refractivity contribution < 1.29 is 13.2 Å². The number of benzene rings is 1. The number of carbonyl (C=O) groups is 1. The highest BCUT2D eigenvalue weighted by atomic mass is 32.2. The molecule has 3 rings (SSSR count). The molecular weight excluding hydrogens is 412 g/mol. The van der Waals surface area contributed by atoms with Gasteiger partial charge in [0.1, 0.15) is 10.7 Å². The molecular formula is C23H26N4O3S. The largest absolute Gasteiger partial charge is 0.310 e. The number of anilines is 1. The van der Waals surface area contributed by atoms with E-state index in [1.165, 1.54) is 18.3 Å². The molecule has 162 valence electrons. The lowest BCUT2D eigenvalue weighted by atomic mass is 9.86. The predicted octanol–water partition coefficient (Wildman–Crippen LogP) is 4.09. The number of aromatic nitrogens is 1. The number of hydrogen-bond donors (Lipinski definition) is 2. The number of sulfonamides is 1. The van der Waals surface area contributed by atoms with Crippen molar-refractivity contribution in [3.8, 4) is 6.07 Å². The maximum Gasteiger partial charge on any atom is 0.242 e. The molecule has 1 aromatic heterocycles. The first-order valence-corrected chi connectivity index (χ1v) is 11.8. The van der Waals surface area contributed by atoms with E-state index < -0.39 is 10.0 Å². The fourth-order valence-electron chi connectivity index (χ4n) is 3.59. The lowest BCUT2D eigenvalue weighted by Crippen LogP contribution is -2.27. The molecule has 0 saturated heterocycles. The first-order valence-electron chi connectivity index (χ1n) is 10.3. The molecule has 1 aliphatic carbocycles. The van der Waals surface area contributed by atoms with Crippen molar-refractivity contribution in [1.29, 1.82) is 5.26 Å². The van der Waals surface area contributed by atoms with Gasteiger partial charge >= 0.3 is 0 Å². The molecule has 31 heavy (non-hydrogen) atoms. The van der Waals surface area contributed by atoms with Gasteiger partial charge in [0, 0.05) is 24.6 Å². The van der Waals surface area contributed by atoms with E-state index in [0.29, 0.717) is 25.1 Å². The average Bonchev–Trinajstić information content (AvgIpc) is 2.78. The van der Waals surface area contributed by atoms with Gasteiger partial charge in [0.25, 0.3) is 0 Å². The van der Waals surface area contributed by atoms with Gasteiger partial charge in [-0.1, -0.05) is 42.0 Å². The third kappa shape index (κ3) is 6.23. The van der Waals surface area contributed by atoms with Crippen LogP contribution in [0.4, 0.5) is 5.82 Å². The van der Waals surface area contributed by atoms with Crippen LogP contribution in [0.3, 0.4) is 0 Å². The van der Waals surface area contributed by atoms with E-state index in [2.05, 4.69) is 27.2 Å². The van der Waals surface area contributed by atoms with Crippen molar-refractivity contribution >= 4 is 21.7 Å². The number of nitrogens with zero attached hydrogens (tertiary/aromatic N) is 2. The number of hydrogen-bond acceptors (Lipinski definition) is 5. The molecule has 0 radical (unpaired) electrons. The minimum Gasteiger partial charge on any atom is -0.310 e. The Kier molecular flexibility index (Phi) is 7.55. The standard InChI is InChI=1S/C23H26N4O3S/c1-17(19-9-3-2-4-10-19)27-31(29,30)21-12-13-22(25-16-21)26-23(28)20-11-5-7-18(15-20)8-6-14-24/h2-4,7,9-10,12-13,16-17,20,27H,5-6,8,11,15H2,1H3,(H,25,26,28)/t17?,20-/m0/s1. The predicted molar refractivity (Wildman–Crippen MR) is 118 cm³/mol. The van der Waals surface area contributed by atoms with Gasteiger partial charge in [-0.25, -0.2) is 18.1 Å². The first-order chi connectivity index (χ1) is 14.9. The van der Waals surface area contributed by atoms with Crippen molar-refractivity contribution in [2.75, 3.05) is 5.32 Å². The normalized spacial score (nSPS) is 17.3. The molecule has 1 unspecified atom stereocenters. The van der Waals surface area contributed by atoms with Crippen molar-refractivity contribution in [3.63, 3.8) is 0 Å². The summed E-state index contributed by atoms with van der Waals surface area (Å²) in [4.78, 5) is 16.8. The van der Waals surface area contributed by atoms with Crippen molar-refractivity contribution in [1.82, 2.24) is 9.71 Å². The van der Waals surface area contributed by atoms with Crippen LogP contribution in [-0.2, 0) is 14.8 Å². The lowest BCUT2D eigenvalue weighted by Gasteiger charge is -2.21. The van der Waals surface area contributed by atoms with Gasteiger partial charge < -0.3 is 5.32 Å². The zero-order valence-electron chi connectivity index (χ0n) is 17.4. The van der Waals surface area contributed by atoms with Crippen LogP contribution in [0, 0.1) is 17.2 Å². The summed E-state index contributed by atoms with van der Waals surface area (Å²) < 4.78 is 27.9. The molecule has 8 heteroatoms. The second kappa shape index (κ2) is 10.3. The highest BCUT2D eigenvalue weighted by Crippen LogP contribution is 2.28. The van der Waals surface area contributed by atoms with Gasteiger partial charge in [0.2, 0.25) is 15.9 Å². The molecule has 7 nitrogen and oxygen atoms in total. The zero-order chi connectivity index (χ0) is 22.3. The van der Waals surface area contributed by atoms with Gasteiger partial charge in [-0.3, -0.25) is 4.79 Å². The molecule has 1 aromatic carbocycles. The summed E-state index contributed by atoms with van der Waals surface area (Å²) in [7, 11) is -3.75. The lowest BCUT2D eigenvalue weighted by molar-refractivity contribution is -0.120. The summed E-state index contributed by atoms with van der Waals surface area (Å²) in [6.45, 7) is 1.78. The van der Waals surface area contributed by atoms with E-state index in [0.717, 1.165) is 24.0 Å². The Bertz CT molecular complexity index is 1070. The molecule has 1 aliphatic rings. The molecule has 2 N–H and O–H groups in total. The van der Waals surface area contributed by atoms with Gasteiger partial charge in [-0.2, -0.15) is 5.26 Å². The molecule has 0 bridgehead atoms. The summed E-state index contributed by atoms with van der Waals surface area (Å²) in [6.07, 6.45) is 6.71. The fraction of sp³-hybridized carbons (Fsp3) is 0.348. The number of rotatable bonds is 8. The Balaban J connectivity index is 1.60. The van der Waals surface area contributed by atoms with Crippen LogP contribution >= 0.6 is 0 Å². The second-order valence-electron chi connectivity index (χ2n) is 7.62. The molecule has 2 atom stereocenters. The van der Waals surface area contributed by atoms with Crippen molar-refractivity contribution in [3.05, 3.63) is 65.9 Å². The van der Waals surface area contributed by atoms with Gasteiger partial charge in [-0.15, -0.1) is 0 Å². The molecule has 1 amide bonds. The summed E-state index contributed by atoms with van der Waals surface area (Å²) in [6, 6.07) is 14.0. The second-order valence-corrected chi connectivity index (χ2v) is 9.33. The van der Waals surface area contributed by atoms with E-state index in [1.54, 1.807) is 6.92 Å². The highest BCUT2D eigenvalue weighted by Gasteiger charge is 2.23. The van der Waals surface area contributed by atoms with Crippen LogP contribution in [0.15, 0.2) is 65.2 Å². The van der Waals surface area contributed by atoms with Crippen molar-refractivity contribution in [2.45, 2.75) is 50.0 Å². The van der Waals surface area contributed by atoms with Gasteiger partial charge in [-0.05, 0) is 50.3 Å². The fourth-order valence-corrected chi connectivity index (χ4v) is 4.76. The maximum absolute atomic E-state index is 12.7. The Labute approximate surface area is 183 Å². The van der Waals surface area contributed by atoms with Gasteiger partial charge in [0.15, 0.2) is 0 Å². The van der Waals surface area contributed by atoms with E-state index in [9.17, 15) is 13.2 Å². The third-order valence-corrected chi connectivity index (χ3v) is 6.84. The van der Waals surface area contributed by atoms with E-state index >= 15 is 0 Å². The molecule has 0 saturated carbocycles. The quantitative estimate of drug-likeness (QED) is 0.603. The number of carbonyl (C=O) groups excluding carboxylic acids is 1. The number of nitrogens with one attached hydrogen (secondary N) is 2. The molecule has 0 spiro atoms. The summed E-state index contributed by atoms with van der Waals surface area (Å²) in [5, 5.41) is 11.5. The van der Waals surface area contributed by atoms with Gasteiger partial charge in [0.05, 0.1) is 6.07 Å². The molecule has 2 aromatic rings. The minimum absolute atomic E-state index is 0.0349. The zero-order valence-corrected chi connectivity index (χ0v) is 18.2. The number of amides is 1. The van der Waals surface area contributed by atoms with E-state index in [1.807, 2.05) is 30.3 Å². The minimum atomic E-state index is -3.75. The number of allylic oxidation sites excluding steroid dienone is 2. The summed E-state index contributed by atoms with van der Waals surface area (Å²) in [5.41, 5.74) is 2.00. The Morgan fingerprint density at radius 2 is 2.03 bits per heavy atom. The Morgan fingerprint density at radius 3 is 2.71 bits per heavy atom. The van der Waals surface area contributed by atoms with Crippen LogP contribution in [0.1, 0.15) is 50.6 Å². The third-order valence-electron chi connectivity index (χ3n) is 5.31. The summed E-state index contributed by atoms with van der Waals surface area (Å²) >= 11 is 0. The monoisotopic (exact) mass is 438 g/mol. The van der Waals surface area contributed by atoms with Crippen molar-refractivity contribution in [2.24, 2.45) is 5.92 Å². The smallest absolute Gasteiger partial charge is 0.242 e. The maximum atomic E-state index is 12.7. The molecule has 0 fully saturated rings. The summed E-state index contributed by atoms with van der Waals surface area (Å²) in [5.74, 6) is 0.00645. The molecule has 1 heterocycles. The first kappa shape index (κ1) is 22.7. The van der Waals surface area contributed by atoms with Crippen LogP contribution in [-0.4, -0.2) is 19.3 Å². The van der Waals surface area contributed by atoms with Crippen LogP contribution in [0.2, 0.25) is 0 Å². The van der Waals surface area contributed by atoms with Crippen LogP contribution < -0.4 is 10.0 Å². The topological polar surface area (TPSA) is 112 Å². The van der Waals surface area contributed by atoms with E-state index in [-0.39, 0.29) is 22.8 Å². The number of pyridine rings is 1. The SMILES string of the molecule is CC(NS(=O)(=O)c1ccc(NC(=O)[C@H]2CCC=C(CCC#N)C2)nc1)c1ccccc1. The van der Waals surface area contributed by atoms with E-state index in [4.69, 9.17) is 5.26 Å². The Hall–Kier alpha value is -3.02. The highest BCUT2D eigenvalue weighted by molar-refractivity contribution is 7.89. The molecule has 0 aliphatic heterocycles. The number of nitriles is 1. The van der Waals surface area contributed by atoms with Crippen LogP contribution in [0.5, 0.6) is 0 Å². The average molecular weight is 439 g/mol. The Morgan fingerprint density at radius 1 is 1.26 bits per heavy atom.